The third kappa shape index (κ3) is 6.41. The van der Waals surface area contributed by atoms with E-state index in [0.29, 0.717) is 10.1 Å². The van der Waals surface area contributed by atoms with Crippen molar-refractivity contribution in [1.82, 2.24) is 4.31 Å². The van der Waals surface area contributed by atoms with Gasteiger partial charge in [-0.3, -0.25) is 0 Å². The average molecular weight is 363 g/mol. The first-order valence-electron chi connectivity index (χ1n) is 6.91. The predicted molar refractivity (Wildman–Crippen MR) is 82.4 cm³/mol. The second-order valence-corrected chi connectivity index (χ2v) is 6.25. The summed E-state index contributed by atoms with van der Waals surface area (Å²) in [5.41, 5.74) is 0. The maximum Gasteiger partial charge on any atom is 1.00 e. The smallest absolute Gasteiger partial charge is 0.735 e. The minimum absolute atomic E-state index is 0. The first kappa shape index (κ1) is 21.0. The Morgan fingerprint density at radius 1 is 1.22 bits per heavy atom. The predicted octanol–water partition coefficient (Wildman–Crippen LogP) is -1.63. The van der Waals surface area contributed by atoms with Crippen LogP contribution in [0.4, 0.5) is 0 Å². The Labute approximate surface area is 178 Å². The van der Waals surface area contributed by atoms with Gasteiger partial charge in [-0.15, -0.1) is 0 Å². The molecule has 0 aliphatic carbocycles. The van der Waals surface area contributed by atoms with E-state index in [0.717, 1.165) is 10.8 Å². The molecule has 0 fully saturated rings. The molecular formula is C15H18KNO5S. The summed E-state index contributed by atoms with van der Waals surface area (Å²) in [6, 6.07) is 13.3. The van der Waals surface area contributed by atoms with Crippen LogP contribution in [0.3, 0.4) is 0 Å². The molecule has 0 heterocycles. The minimum atomic E-state index is -4.55. The first-order chi connectivity index (χ1) is 10.4. The Kier molecular flexibility index (Phi) is 8.63. The second kappa shape index (κ2) is 9.45. The Morgan fingerprint density at radius 3 is 2.48 bits per heavy atom. The SMILES string of the molecule is CCN(CC(O)COc1ccc2ccccc2c1)S(=O)(=O)[O-].[K+]. The summed E-state index contributed by atoms with van der Waals surface area (Å²) < 4.78 is 38.9. The number of aliphatic hydroxyl groups is 1. The van der Waals surface area contributed by atoms with Crippen LogP contribution in [0.2, 0.25) is 0 Å². The molecule has 0 aromatic heterocycles. The zero-order chi connectivity index (χ0) is 16.2. The molecule has 2 rings (SSSR count). The number of aliphatic hydroxyl groups excluding tert-OH is 1. The number of hydrogen-bond acceptors (Lipinski definition) is 5. The van der Waals surface area contributed by atoms with E-state index in [1.54, 1.807) is 6.07 Å². The van der Waals surface area contributed by atoms with Crippen LogP contribution in [0.25, 0.3) is 10.8 Å². The normalized spacial score (nSPS) is 12.9. The van der Waals surface area contributed by atoms with Crippen LogP contribution in [0, 0.1) is 0 Å². The number of ether oxygens (including phenoxy) is 1. The fourth-order valence-electron chi connectivity index (χ4n) is 2.12. The quantitative estimate of drug-likeness (QED) is 0.471. The van der Waals surface area contributed by atoms with Crippen LogP contribution < -0.4 is 56.1 Å². The largest absolute Gasteiger partial charge is 1.00 e. The van der Waals surface area contributed by atoms with Gasteiger partial charge in [0.05, 0.1) is 0 Å². The Morgan fingerprint density at radius 2 is 1.87 bits per heavy atom. The molecule has 2 aromatic rings. The average Bonchev–Trinajstić information content (AvgIpc) is 2.49. The Hall–Kier alpha value is -0.0336. The van der Waals surface area contributed by atoms with Gasteiger partial charge >= 0.3 is 51.4 Å². The molecule has 8 heteroatoms. The molecular weight excluding hydrogens is 345 g/mol. The first-order valence-corrected chi connectivity index (χ1v) is 8.27. The molecule has 0 saturated carbocycles. The van der Waals surface area contributed by atoms with Gasteiger partial charge in [0, 0.05) is 13.1 Å². The van der Waals surface area contributed by atoms with Gasteiger partial charge in [0.1, 0.15) is 18.5 Å². The van der Waals surface area contributed by atoms with E-state index >= 15 is 0 Å². The van der Waals surface area contributed by atoms with Crippen molar-refractivity contribution in [3.8, 4) is 5.75 Å². The topological polar surface area (TPSA) is 89.9 Å². The molecule has 1 atom stereocenters. The number of nitrogens with zero attached hydrogens (tertiary/aromatic N) is 1. The van der Waals surface area contributed by atoms with Crippen molar-refractivity contribution >= 4 is 21.1 Å². The van der Waals surface area contributed by atoms with Crippen molar-refractivity contribution < 1.29 is 74.2 Å². The third-order valence-electron chi connectivity index (χ3n) is 3.25. The van der Waals surface area contributed by atoms with Gasteiger partial charge < -0.3 is 14.4 Å². The summed E-state index contributed by atoms with van der Waals surface area (Å²) >= 11 is 0. The van der Waals surface area contributed by atoms with Gasteiger partial charge in [0.2, 0.25) is 0 Å². The molecule has 2 aromatic carbocycles. The molecule has 0 saturated heterocycles. The zero-order valence-corrected chi connectivity index (χ0v) is 17.1. The van der Waals surface area contributed by atoms with Crippen molar-refractivity contribution in [3.05, 3.63) is 42.5 Å². The van der Waals surface area contributed by atoms with Gasteiger partial charge in [-0.05, 0) is 22.9 Å². The summed E-state index contributed by atoms with van der Waals surface area (Å²) in [5.74, 6) is 0.575. The number of hydrogen-bond donors (Lipinski definition) is 1. The summed E-state index contributed by atoms with van der Waals surface area (Å²) in [6.07, 6.45) is -1.07. The molecule has 0 aliphatic heterocycles. The van der Waals surface area contributed by atoms with Gasteiger partial charge in [0.15, 0.2) is 10.3 Å². The Bertz CT molecular complexity index is 737. The van der Waals surface area contributed by atoms with Crippen LogP contribution in [0.1, 0.15) is 6.92 Å². The summed E-state index contributed by atoms with van der Waals surface area (Å²) in [5, 5.41) is 11.9. The second-order valence-electron chi connectivity index (χ2n) is 4.88. The van der Waals surface area contributed by atoms with Crippen LogP contribution in [0.15, 0.2) is 42.5 Å². The van der Waals surface area contributed by atoms with E-state index in [1.165, 1.54) is 6.92 Å². The van der Waals surface area contributed by atoms with E-state index < -0.39 is 16.4 Å². The van der Waals surface area contributed by atoms with E-state index in [4.69, 9.17) is 4.74 Å². The maximum absolute atomic E-state index is 10.9. The third-order valence-corrected chi connectivity index (χ3v) is 4.29. The maximum atomic E-state index is 10.9. The zero-order valence-electron chi connectivity index (χ0n) is 13.2. The molecule has 0 aliphatic rings. The Balaban J connectivity index is 0.00000264. The van der Waals surface area contributed by atoms with E-state index in [1.807, 2.05) is 36.4 Å². The summed E-state index contributed by atoms with van der Waals surface area (Å²) in [7, 11) is -4.55. The van der Waals surface area contributed by atoms with Crippen LogP contribution >= 0.6 is 0 Å². The standard InChI is InChI=1S/C15H19NO5S.K/c1-2-16(22(18,19)20)10-14(17)11-21-15-8-7-12-5-3-4-6-13(12)9-15;/h3-9,14,17H,2,10-11H2,1H3,(H,18,19,20);/q;+1/p-1. The van der Waals surface area contributed by atoms with Crippen LogP contribution in [-0.4, -0.2) is 48.2 Å². The van der Waals surface area contributed by atoms with Crippen molar-refractivity contribution in [3.63, 3.8) is 0 Å². The number of fused-ring (bicyclic) bond motifs is 1. The molecule has 0 radical (unpaired) electrons. The van der Waals surface area contributed by atoms with Crippen molar-refractivity contribution in [2.75, 3.05) is 19.7 Å². The van der Waals surface area contributed by atoms with Gasteiger partial charge in [-0.25, -0.2) is 12.7 Å². The van der Waals surface area contributed by atoms with Gasteiger partial charge in [-0.1, -0.05) is 37.3 Å². The van der Waals surface area contributed by atoms with Crippen molar-refractivity contribution in [1.29, 1.82) is 0 Å². The van der Waals surface area contributed by atoms with Crippen molar-refractivity contribution in [2.45, 2.75) is 13.0 Å². The van der Waals surface area contributed by atoms with Crippen molar-refractivity contribution in [2.24, 2.45) is 0 Å². The molecule has 0 spiro atoms. The minimum Gasteiger partial charge on any atom is -0.735 e. The molecule has 1 N–H and O–H groups in total. The fourth-order valence-corrected chi connectivity index (χ4v) is 2.79. The van der Waals surface area contributed by atoms with Gasteiger partial charge in [-0.2, -0.15) is 0 Å². The molecule has 0 amide bonds. The number of likely N-dealkylation sites (N-methyl/N-ethyl adjacent to an activating group) is 1. The molecule has 0 bridgehead atoms. The fraction of sp³-hybridized carbons (Fsp3) is 0.333. The monoisotopic (exact) mass is 363 g/mol. The molecule has 6 nitrogen and oxygen atoms in total. The molecule has 120 valence electrons. The van der Waals surface area contributed by atoms with Gasteiger partial charge in [0.25, 0.3) is 0 Å². The number of benzene rings is 2. The molecule has 23 heavy (non-hydrogen) atoms. The number of rotatable bonds is 7. The van der Waals surface area contributed by atoms with E-state index in [-0.39, 0.29) is 71.1 Å². The summed E-state index contributed by atoms with van der Waals surface area (Å²) in [6.45, 7) is 1.17. The van der Waals surface area contributed by atoms with E-state index in [9.17, 15) is 18.1 Å². The van der Waals surface area contributed by atoms with Crippen LogP contribution in [-0.2, 0) is 10.3 Å². The molecule has 1 unspecified atom stereocenters. The van der Waals surface area contributed by atoms with E-state index in [2.05, 4.69) is 0 Å². The summed E-state index contributed by atoms with van der Waals surface area (Å²) in [4.78, 5) is 0. The van der Waals surface area contributed by atoms with Crippen LogP contribution in [0.5, 0.6) is 5.75 Å².